The van der Waals surface area contributed by atoms with Crippen molar-refractivity contribution in [3.05, 3.63) is 0 Å². The summed E-state index contributed by atoms with van der Waals surface area (Å²) in [6, 6.07) is -0.234. The molecule has 1 aliphatic heterocycles. The van der Waals surface area contributed by atoms with Gasteiger partial charge in [0.15, 0.2) is 0 Å². The summed E-state index contributed by atoms with van der Waals surface area (Å²) in [6.07, 6.45) is -0.451. The number of aliphatic hydroxyl groups is 1. The fourth-order valence-electron chi connectivity index (χ4n) is 1.47. The first kappa shape index (κ1) is 10.3. The fourth-order valence-corrected chi connectivity index (χ4v) is 1.47. The molecule has 0 unspecified atom stereocenters. The number of carbonyl (C=O) groups excluding carboxylic acids is 1. The minimum absolute atomic E-state index is 0.105. The second-order valence-corrected chi connectivity index (χ2v) is 3.24. The van der Waals surface area contributed by atoms with Crippen LogP contribution >= 0.6 is 0 Å². The number of β-amino-alcohol motifs (C(OH)–C–C–N with tert-alkyl or cyclic N) is 1. The van der Waals surface area contributed by atoms with Crippen LogP contribution in [0.2, 0.25) is 0 Å². The third-order valence-corrected chi connectivity index (χ3v) is 2.30. The Labute approximate surface area is 78.1 Å². The second kappa shape index (κ2) is 4.43. The van der Waals surface area contributed by atoms with Crippen molar-refractivity contribution in [2.75, 3.05) is 26.7 Å². The molecule has 2 atom stereocenters. The Kier molecular flexibility index (Phi) is 3.50. The highest BCUT2D eigenvalue weighted by molar-refractivity contribution is 5.74. The molecule has 3 N–H and O–H groups in total. The Balaban J connectivity index is 2.45. The molecular formula is C8H17N3O2. The Bertz CT molecular complexity index is 186. The van der Waals surface area contributed by atoms with Crippen molar-refractivity contribution in [2.45, 2.75) is 19.1 Å². The summed E-state index contributed by atoms with van der Waals surface area (Å²) in [6.45, 7) is 3.71. The van der Waals surface area contributed by atoms with Gasteiger partial charge < -0.3 is 20.6 Å². The Hall–Kier alpha value is -0.810. The number of nitrogens with one attached hydrogen (secondary N) is 2. The van der Waals surface area contributed by atoms with Crippen molar-refractivity contribution in [1.82, 2.24) is 15.5 Å². The first-order chi connectivity index (χ1) is 6.16. The van der Waals surface area contributed by atoms with Gasteiger partial charge in [0.1, 0.15) is 0 Å². The second-order valence-electron chi connectivity index (χ2n) is 3.24. The van der Waals surface area contributed by atoms with Gasteiger partial charge in [-0.2, -0.15) is 0 Å². The number of urea groups is 1. The van der Waals surface area contributed by atoms with Crippen LogP contribution in [-0.4, -0.2) is 54.9 Å². The van der Waals surface area contributed by atoms with Crippen LogP contribution < -0.4 is 10.6 Å². The van der Waals surface area contributed by atoms with E-state index >= 15 is 0 Å². The molecule has 1 saturated heterocycles. The summed E-state index contributed by atoms with van der Waals surface area (Å²) < 4.78 is 0. The zero-order chi connectivity index (χ0) is 9.84. The predicted molar refractivity (Wildman–Crippen MR) is 49.5 cm³/mol. The summed E-state index contributed by atoms with van der Waals surface area (Å²) >= 11 is 0. The molecule has 76 valence electrons. The lowest BCUT2D eigenvalue weighted by Gasteiger charge is -2.26. The lowest BCUT2D eigenvalue weighted by atomic mass is 10.2. The summed E-state index contributed by atoms with van der Waals surface area (Å²) in [5.41, 5.74) is 0. The van der Waals surface area contributed by atoms with E-state index in [0.29, 0.717) is 19.6 Å². The van der Waals surface area contributed by atoms with Gasteiger partial charge in [-0.1, -0.05) is 0 Å². The van der Waals surface area contributed by atoms with Gasteiger partial charge in [-0.3, -0.25) is 0 Å². The lowest BCUT2D eigenvalue weighted by Crippen LogP contribution is -2.48. The monoisotopic (exact) mass is 187 g/mol. The number of hydrogen-bond acceptors (Lipinski definition) is 3. The molecule has 5 nitrogen and oxygen atoms in total. The van der Waals surface area contributed by atoms with Crippen LogP contribution in [0, 0.1) is 0 Å². The third kappa shape index (κ3) is 2.32. The van der Waals surface area contributed by atoms with Gasteiger partial charge in [0.2, 0.25) is 0 Å². The van der Waals surface area contributed by atoms with E-state index in [1.807, 2.05) is 6.92 Å². The average molecular weight is 187 g/mol. The van der Waals surface area contributed by atoms with Gasteiger partial charge in [-0.25, -0.2) is 4.79 Å². The van der Waals surface area contributed by atoms with Gasteiger partial charge in [-0.05, 0) is 6.92 Å². The highest BCUT2D eigenvalue weighted by Gasteiger charge is 2.30. The molecule has 0 aromatic carbocycles. The lowest BCUT2D eigenvalue weighted by molar-refractivity contribution is 0.110. The highest BCUT2D eigenvalue weighted by atomic mass is 16.3. The molecule has 0 aliphatic carbocycles. The molecule has 0 aromatic rings. The molecule has 13 heavy (non-hydrogen) atoms. The van der Waals surface area contributed by atoms with Crippen molar-refractivity contribution in [2.24, 2.45) is 0 Å². The van der Waals surface area contributed by atoms with Crippen LogP contribution in [0.4, 0.5) is 4.79 Å². The largest absolute Gasteiger partial charge is 0.390 e. The number of aliphatic hydroxyl groups excluding tert-OH is 1. The van der Waals surface area contributed by atoms with Crippen molar-refractivity contribution in [1.29, 1.82) is 0 Å². The molecule has 1 heterocycles. The van der Waals surface area contributed by atoms with E-state index in [2.05, 4.69) is 10.6 Å². The van der Waals surface area contributed by atoms with Gasteiger partial charge in [0, 0.05) is 26.7 Å². The van der Waals surface area contributed by atoms with Gasteiger partial charge in [0.25, 0.3) is 0 Å². The van der Waals surface area contributed by atoms with E-state index in [9.17, 15) is 9.90 Å². The van der Waals surface area contributed by atoms with Crippen molar-refractivity contribution < 1.29 is 9.90 Å². The maximum Gasteiger partial charge on any atom is 0.317 e. The molecular weight excluding hydrogens is 170 g/mol. The van der Waals surface area contributed by atoms with Crippen LogP contribution in [0.25, 0.3) is 0 Å². The smallest absolute Gasteiger partial charge is 0.317 e. The normalized spacial score (nSPS) is 27.3. The summed E-state index contributed by atoms with van der Waals surface area (Å²) in [7, 11) is 1.70. The molecule has 0 spiro atoms. The van der Waals surface area contributed by atoms with Crippen LogP contribution in [0.15, 0.2) is 0 Å². The third-order valence-electron chi connectivity index (χ3n) is 2.30. The highest BCUT2D eigenvalue weighted by Crippen LogP contribution is 2.06. The van der Waals surface area contributed by atoms with E-state index in [0.717, 1.165) is 0 Å². The van der Waals surface area contributed by atoms with E-state index in [4.69, 9.17) is 0 Å². The molecule has 1 rings (SSSR count). The average Bonchev–Trinajstić information content (AvgIpc) is 2.50. The molecule has 5 heteroatoms. The topological polar surface area (TPSA) is 64.6 Å². The fraction of sp³-hybridized carbons (Fsp3) is 0.875. The van der Waals surface area contributed by atoms with Gasteiger partial charge in [0.05, 0.1) is 12.1 Å². The minimum Gasteiger partial charge on any atom is -0.390 e. The summed E-state index contributed by atoms with van der Waals surface area (Å²) in [5.74, 6) is 0. The summed E-state index contributed by atoms with van der Waals surface area (Å²) in [5, 5.41) is 15.2. The Morgan fingerprint density at radius 1 is 1.69 bits per heavy atom. The molecule has 0 saturated carbocycles. The number of carbonyl (C=O) groups is 1. The van der Waals surface area contributed by atoms with Crippen LogP contribution in [0.5, 0.6) is 0 Å². The zero-order valence-corrected chi connectivity index (χ0v) is 8.08. The molecule has 0 radical (unpaired) electrons. The molecule has 2 amide bonds. The molecule has 0 aromatic heterocycles. The zero-order valence-electron chi connectivity index (χ0n) is 8.08. The SMILES string of the molecule is CCNC(=O)N(C)[C@@H]1CNC[C@H]1O. The van der Waals surface area contributed by atoms with Crippen LogP contribution in [0.3, 0.4) is 0 Å². The molecule has 1 fully saturated rings. The first-order valence-electron chi connectivity index (χ1n) is 4.56. The van der Waals surface area contributed by atoms with E-state index in [1.54, 1.807) is 11.9 Å². The van der Waals surface area contributed by atoms with Crippen molar-refractivity contribution in [3.8, 4) is 0 Å². The van der Waals surface area contributed by atoms with Gasteiger partial charge >= 0.3 is 6.03 Å². The van der Waals surface area contributed by atoms with Crippen molar-refractivity contribution in [3.63, 3.8) is 0 Å². The number of rotatable bonds is 2. The van der Waals surface area contributed by atoms with Crippen molar-refractivity contribution >= 4 is 6.03 Å². The number of hydrogen-bond donors (Lipinski definition) is 3. The predicted octanol–water partition coefficient (Wildman–Crippen LogP) is -1.02. The summed E-state index contributed by atoms with van der Waals surface area (Å²) in [4.78, 5) is 12.9. The number of likely N-dealkylation sites (N-methyl/N-ethyl adjacent to an activating group) is 1. The Morgan fingerprint density at radius 2 is 2.38 bits per heavy atom. The van der Waals surface area contributed by atoms with E-state index < -0.39 is 6.10 Å². The van der Waals surface area contributed by atoms with Crippen LogP contribution in [-0.2, 0) is 0 Å². The van der Waals surface area contributed by atoms with E-state index in [1.165, 1.54) is 0 Å². The Morgan fingerprint density at radius 3 is 2.85 bits per heavy atom. The minimum atomic E-state index is -0.451. The maximum atomic E-state index is 11.4. The quantitative estimate of drug-likeness (QED) is 0.518. The maximum absolute atomic E-state index is 11.4. The van der Waals surface area contributed by atoms with E-state index in [-0.39, 0.29) is 12.1 Å². The number of nitrogens with zero attached hydrogens (tertiary/aromatic N) is 1. The number of amides is 2. The molecule has 0 bridgehead atoms. The first-order valence-corrected chi connectivity index (χ1v) is 4.56. The molecule has 1 aliphatic rings. The van der Waals surface area contributed by atoms with Gasteiger partial charge in [-0.15, -0.1) is 0 Å². The van der Waals surface area contributed by atoms with Crippen LogP contribution in [0.1, 0.15) is 6.92 Å². The standard InChI is InChI=1S/C8H17N3O2/c1-3-10-8(13)11(2)6-4-9-5-7(6)12/h6-7,9,12H,3-5H2,1-2H3,(H,10,13)/t6-,7-/m1/s1.